The van der Waals surface area contributed by atoms with Gasteiger partial charge < -0.3 is 9.84 Å². The fraction of sp³-hybridized carbons (Fsp3) is 0.269. The number of carboxylic acid groups (broad SMARTS) is 1. The van der Waals surface area contributed by atoms with Gasteiger partial charge in [0.15, 0.2) is 5.13 Å². The average molecular weight is 551 g/mol. The fourth-order valence-electron chi connectivity index (χ4n) is 3.49. The van der Waals surface area contributed by atoms with E-state index in [9.17, 15) is 9.59 Å². The number of thiazole rings is 1. The molecule has 0 aliphatic carbocycles. The first-order valence-corrected chi connectivity index (χ1v) is 12.8. The molecule has 190 valence electrons. The Hall–Kier alpha value is -2.94. The van der Waals surface area contributed by atoms with Crippen LogP contribution in [0.5, 0.6) is 0 Å². The first kappa shape index (κ1) is 27.6. The van der Waals surface area contributed by atoms with E-state index in [0.717, 1.165) is 24.2 Å². The zero-order chi connectivity index (χ0) is 26.4. The number of rotatable bonds is 10. The highest BCUT2D eigenvalue weighted by molar-refractivity contribution is 7.14. The van der Waals surface area contributed by atoms with Crippen LogP contribution in [0.4, 0.5) is 9.52 Å². The van der Waals surface area contributed by atoms with Gasteiger partial charge in [-0.25, -0.2) is 14.2 Å². The topological polar surface area (TPSA) is 88.5 Å². The van der Waals surface area contributed by atoms with Crippen molar-refractivity contribution in [3.63, 3.8) is 0 Å². The van der Waals surface area contributed by atoms with Crippen molar-refractivity contribution in [1.82, 2.24) is 4.98 Å². The molecule has 0 bridgehead atoms. The Morgan fingerprint density at radius 2 is 1.94 bits per heavy atom. The maximum atomic E-state index is 15.1. The molecule has 0 fully saturated rings. The van der Waals surface area contributed by atoms with Gasteiger partial charge in [-0.1, -0.05) is 55.6 Å². The number of carbonyl (C=O) groups is 2. The predicted octanol–water partition coefficient (Wildman–Crippen LogP) is 7.56. The second kappa shape index (κ2) is 12.3. The van der Waals surface area contributed by atoms with Crippen LogP contribution < -0.4 is 5.32 Å². The normalized spacial score (nSPS) is 11.6. The highest BCUT2D eigenvalue weighted by atomic mass is 35.5. The van der Waals surface area contributed by atoms with Gasteiger partial charge in [-0.3, -0.25) is 10.1 Å². The zero-order valence-corrected chi connectivity index (χ0v) is 22.2. The predicted molar refractivity (Wildman–Crippen MR) is 142 cm³/mol. The first-order valence-electron chi connectivity index (χ1n) is 11.1. The van der Waals surface area contributed by atoms with Crippen LogP contribution >= 0.6 is 34.5 Å². The number of aromatic nitrogens is 1. The summed E-state index contributed by atoms with van der Waals surface area (Å²) >= 11 is 13.7. The minimum atomic E-state index is -1.29. The first-order chi connectivity index (χ1) is 17.1. The summed E-state index contributed by atoms with van der Waals surface area (Å²) in [6.45, 7) is 4.28. The third kappa shape index (κ3) is 6.84. The smallest absolute Gasteiger partial charge is 0.371 e. The SMILES string of the molecule is COC(=Cc1c(Cl)cc(C(=O)Nc2nc(-c3cccc(CCCC(C)C)c3F)cs2)cc1Cl)C(=O)O. The van der Waals surface area contributed by atoms with Gasteiger partial charge in [-0.15, -0.1) is 11.3 Å². The summed E-state index contributed by atoms with van der Waals surface area (Å²) in [4.78, 5) is 28.3. The van der Waals surface area contributed by atoms with Crippen molar-refractivity contribution in [2.24, 2.45) is 5.92 Å². The second-order valence-electron chi connectivity index (χ2n) is 8.43. The highest BCUT2D eigenvalue weighted by Gasteiger charge is 2.18. The molecule has 0 radical (unpaired) electrons. The number of halogens is 3. The number of aliphatic carboxylic acids is 1. The number of hydrogen-bond acceptors (Lipinski definition) is 5. The van der Waals surface area contributed by atoms with Crippen molar-refractivity contribution in [2.45, 2.75) is 33.1 Å². The quantitative estimate of drug-likeness (QED) is 0.201. The Labute approximate surface area is 222 Å². The number of nitrogens with zero attached hydrogens (tertiary/aromatic N) is 1. The molecular formula is C26H25Cl2FN2O4S. The average Bonchev–Trinajstić information content (AvgIpc) is 3.27. The molecule has 2 N–H and O–H groups in total. The zero-order valence-electron chi connectivity index (χ0n) is 19.9. The lowest BCUT2D eigenvalue weighted by atomic mass is 10.00. The number of carbonyl (C=O) groups excluding carboxylic acids is 1. The van der Waals surface area contributed by atoms with E-state index in [2.05, 4.69) is 24.1 Å². The summed E-state index contributed by atoms with van der Waals surface area (Å²) in [5.41, 5.74) is 1.80. The third-order valence-corrected chi connectivity index (χ3v) is 6.74. The number of benzene rings is 2. The summed E-state index contributed by atoms with van der Waals surface area (Å²) in [7, 11) is 1.21. The van der Waals surface area contributed by atoms with E-state index in [4.69, 9.17) is 33.0 Å². The van der Waals surface area contributed by atoms with E-state index in [1.807, 2.05) is 0 Å². The molecule has 1 amide bonds. The van der Waals surface area contributed by atoms with E-state index >= 15 is 4.39 Å². The van der Waals surface area contributed by atoms with Gasteiger partial charge >= 0.3 is 5.97 Å². The largest absolute Gasteiger partial charge is 0.490 e. The monoisotopic (exact) mass is 550 g/mol. The number of carboxylic acids is 1. The van der Waals surface area contributed by atoms with Crippen LogP contribution in [0, 0.1) is 11.7 Å². The van der Waals surface area contributed by atoms with Crippen molar-refractivity contribution in [1.29, 1.82) is 0 Å². The number of aryl methyl sites for hydroxylation is 1. The molecule has 0 atom stereocenters. The Morgan fingerprint density at radius 1 is 1.25 bits per heavy atom. The molecule has 2 aromatic carbocycles. The van der Waals surface area contributed by atoms with Gasteiger partial charge in [0.25, 0.3) is 5.91 Å². The highest BCUT2D eigenvalue weighted by Crippen LogP contribution is 2.31. The lowest BCUT2D eigenvalue weighted by Gasteiger charge is -2.09. The van der Waals surface area contributed by atoms with Gasteiger partial charge in [-0.05, 0) is 48.6 Å². The van der Waals surface area contributed by atoms with Gasteiger partial charge in [0.05, 0.1) is 22.8 Å². The number of anilines is 1. The number of nitrogens with one attached hydrogen (secondary N) is 1. The maximum absolute atomic E-state index is 15.1. The van der Waals surface area contributed by atoms with Crippen molar-refractivity contribution < 1.29 is 23.8 Å². The number of ether oxygens (including phenoxy) is 1. The fourth-order valence-corrected chi connectivity index (χ4v) is 4.79. The Bertz CT molecular complexity index is 1280. The summed E-state index contributed by atoms with van der Waals surface area (Å²) in [5.74, 6) is -1.91. The molecule has 0 saturated heterocycles. The van der Waals surface area contributed by atoms with Crippen molar-refractivity contribution in [3.05, 3.63) is 74.0 Å². The second-order valence-corrected chi connectivity index (χ2v) is 10.1. The van der Waals surface area contributed by atoms with Crippen LogP contribution in [0.2, 0.25) is 10.0 Å². The van der Waals surface area contributed by atoms with Crippen LogP contribution in [0.3, 0.4) is 0 Å². The van der Waals surface area contributed by atoms with Crippen LogP contribution in [-0.4, -0.2) is 29.1 Å². The Morgan fingerprint density at radius 3 is 2.56 bits per heavy atom. The third-order valence-electron chi connectivity index (χ3n) is 5.35. The molecule has 10 heteroatoms. The van der Waals surface area contributed by atoms with Gasteiger partial charge in [-0.2, -0.15) is 0 Å². The van der Waals surface area contributed by atoms with Crippen LogP contribution in [0.15, 0.2) is 41.5 Å². The summed E-state index contributed by atoms with van der Waals surface area (Å²) in [6.07, 6.45) is 3.75. The maximum Gasteiger partial charge on any atom is 0.371 e. The molecule has 0 aliphatic rings. The molecule has 0 spiro atoms. The molecule has 0 aliphatic heterocycles. The minimum Gasteiger partial charge on any atom is -0.490 e. The van der Waals surface area contributed by atoms with Crippen LogP contribution in [-0.2, 0) is 16.0 Å². The van der Waals surface area contributed by atoms with Gasteiger partial charge in [0, 0.05) is 22.1 Å². The molecule has 1 heterocycles. The molecule has 3 aromatic rings. The minimum absolute atomic E-state index is 0.0691. The molecule has 1 aromatic heterocycles. The van der Waals surface area contributed by atoms with E-state index in [-0.39, 0.29) is 37.9 Å². The van der Waals surface area contributed by atoms with Gasteiger partial charge in [0.2, 0.25) is 5.76 Å². The standard InChI is InChI=1S/C26H25Cl2FN2O4S/c1-14(2)6-4-7-15-8-5-9-17(23(15)29)21-13-36-26(30-21)31-24(32)16-10-19(27)18(20(28)11-16)12-22(35-3)25(33)34/h5,8-14H,4,6-7H2,1-3H3,(H,33,34)(H,30,31,32). The van der Waals surface area contributed by atoms with E-state index in [1.54, 1.807) is 23.6 Å². The van der Waals surface area contributed by atoms with Crippen LogP contribution in [0.1, 0.15) is 48.2 Å². The van der Waals surface area contributed by atoms with Gasteiger partial charge in [0.1, 0.15) is 5.82 Å². The molecule has 0 saturated carbocycles. The lowest BCUT2D eigenvalue weighted by Crippen LogP contribution is -2.12. The Balaban J connectivity index is 1.78. The van der Waals surface area contributed by atoms with E-state index < -0.39 is 11.9 Å². The Kier molecular flexibility index (Phi) is 9.48. The van der Waals surface area contributed by atoms with E-state index in [1.165, 1.54) is 25.3 Å². The number of hydrogen-bond donors (Lipinski definition) is 2. The van der Waals surface area contributed by atoms with Crippen LogP contribution in [0.25, 0.3) is 17.3 Å². The number of methoxy groups -OCH3 is 1. The van der Waals surface area contributed by atoms with Crippen molar-refractivity contribution in [2.75, 3.05) is 12.4 Å². The summed E-state index contributed by atoms with van der Waals surface area (Å²) in [6, 6.07) is 7.98. The lowest BCUT2D eigenvalue weighted by molar-refractivity contribution is -0.135. The van der Waals surface area contributed by atoms with E-state index in [0.29, 0.717) is 29.2 Å². The number of amides is 1. The summed E-state index contributed by atoms with van der Waals surface area (Å²) < 4.78 is 19.9. The molecule has 6 nitrogen and oxygen atoms in total. The molecule has 0 unspecified atom stereocenters. The molecular weight excluding hydrogens is 526 g/mol. The van der Waals surface area contributed by atoms with Crippen molar-refractivity contribution in [3.8, 4) is 11.3 Å². The summed E-state index contributed by atoms with van der Waals surface area (Å²) in [5, 5.41) is 13.9. The van der Waals surface area contributed by atoms with Crippen molar-refractivity contribution >= 4 is 57.6 Å². The molecule has 36 heavy (non-hydrogen) atoms. The molecule has 3 rings (SSSR count).